The molecule has 3 heteroatoms. The molecular weight excluding hydrogens is 140 g/mol. The molecule has 1 rings (SSSR count). The van der Waals surface area contributed by atoms with Crippen molar-refractivity contribution in [1.29, 1.82) is 0 Å². The molecule has 0 bridgehead atoms. The van der Waals surface area contributed by atoms with Crippen molar-refractivity contribution in [3.05, 3.63) is 0 Å². The quantitative estimate of drug-likeness (QED) is 0.621. The highest BCUT2D eigenvalue weighted by Crippen LogP contribution is 2.28. The van der Waals surface area contributed by atoms with Gasteiger partial charge in [-0.05, 0) is 13.5 Å². The van der Waals surface area contributed by atoms with Gasteiger partial charge in [0.15, 0.2) is 0 Å². The third-order valence-corrected chi connectivity index (χ3v) is 2.38. The van der Waals surface area contributed by atoms with Gasteiger partial charge in [0, 0.05) is 24.9 Å². The molecule has 0 aromatic rings. The first-order valence-electron chi connectivity index (χ1n) is 4.09. The summed E-state index contributed by atoms with van der Waals surface area (Å²) < 4.78 is 0. The predicted octanol–water partition coefficient (Wildman–Crippen LogP) is 0.204. The summed E-state index contributed by atoms with van der Waals surface area (Å²) in [6.07, 6.45) is 0.622. The van der Waals surface area contributed by atoms with Crippen molar-refractivity contribution in [3.8, 4) is 0 Å². The molecule has 0 spiro atoms. The molecule has 1 aliphatic rings. The first-order chi connectivity index (χ1) is 5.11. The van der Waals surface area contributed by atoms with Crippen LogP contribution in [0.1, 0.15) is 20.3 Å². The van der Waals surface area contributed by atoms with Crippen LogP contribution in [0, 0.1) is 5.41 Å². The molecule has 1 atom stereocenters. The third-order valence-electron chi connectivity index (χ3n) is 2.38. The summed E-state index contributed by atoms with van der Waals surface area (Å²) in [5.41, 5.74) is 5.60. The molecular formula is C8H16N2O. The fraction of sp³-hybridized carbons (Fsp3) is 0.875. The van der Waals surface area contributed by atoms with Crippen LogP contribution in [0.2, 0.25) is 0 Å². The molecule has 0 saturated carbocycles. The van der Waals surface area contributed by atoms with E-state index in [4.69, 9.17) is 5.73 Å². The van der Waals surface area contributed by atoms with E-state index in [1.54, 1.807) is 0 Å². The molecule has 11 heavy (non-hydrogen) atoms. The van der Waals surface area contributed by atoms with Crippen molar-refractivity contribution in [3.63, 3.8) is 0 Å². The van der Waals surface area contributed by atoms with E-state index in [-0.39, 0.29) is 11.3 Å². The van der Waals surface area contributed by atoms with Gasteiger partial charge >= 0.3 is 0 Å². The Morgan fingerprint density at radius 2 is 2.36 bits per heavy atom. The Morgan fingerprint density at radius 3 is 2.64 bits per heavy atom. The van der Waals surface area contributed by atoms with E-state index in [0.717, 1.165) is 13.1 Å². The fourth-order valence-electron chi connectivity index (χ4n) is 1.51. The molecule has 1 aliphatic heterocycles. The average molecular weight is 156 g/mol. The van der Waals surface area contributed by atoms with E-state index in [1.807, 2.05) is 11.8 Å². The largest absolute Gasteiger partial charge is 0.342 e. The van der Waals surface area contributed by atoms with E-state index in [2.05, 4.69) is 6.92 Å². The van der Waals surface area contributed by atoms with Gasteiger partial charge in [0.1, 0.15) is 0 Å². The summed E-state index contributed by atoms with van der Waals surface area (Å²) in [4.78, 5) is 13.1. The van der Waals surface area contributed by atoms with Gasteiger partial charge in [-0.2, -0.15) is 0 Å². The molecule has 0 radical (unpaired) electrons. The van der Waals surface area contributed by atoms with Crippen molar-refractivity contribution in [1.82, 2.24) is 4.90 Å². The molecule has 0 aromatic carbocycles. The highest BCUT2D eigenvalue weighted by molar-refractivity contribution is 5.79. The van der Waals surface area contributed by atoms with E-state index < -0.39 is 0 Å². The monoisotopic (exact) mass is 156 g/mol. The van der Waals surface area contributed by atoms with Crippen LogP contribution in [0.3, 0.4) is 0 Å². The number of nitrogens with zero attached hydrogens (tertiary/aromatic N) is 1. The average Bonchev–Trinajstić information content (AvgIpc) is 2.27. The van der Waals surface area contributed by atoms with Gasteiger partial charge in [-0.15, -0.1) is 0 Å². The molecule has 1 amide bonds. The first-order valence-corrected chi connectivity index (χ1v) is 4.09. The van der Waals surface area contributed by atoms with Crippen molar-refractivity contribution in [2.24, 2.45) is 11.1 Å². The lowest BCUT2D eigenvalue weighted by Crippen LogP contribution is -2.31. The number of hydrogen-bond donors (Lipinski definition) is 1. The molecule has 1 unspecified atom stereocenters. The van der Waals surface area contributed by atoms with Gasteiger partial charge in [-0.3, -0.25) is 4.79 Å². The molecule has 64 valence electrons. The summed E-state index contributed by atoms with van der Waals surface area (Å²) >= 11 is 0. The molecule has 1 fully saturated rings. The van der Waals surface area contributed by atoms with Gasteiger partial charge in [-0.25, -0.2) is 0 Å². The third kappa shape index (κ3) is 1.53. The SMILES string of the molecule is CCN1CC(C)(CN)CC1=O. The summed E-state index contributed by atoms with van der Waals surface area (Å²) in [6.45, 7) is 6.32. The molecule has 0 aromatic heterocycles. The van der Waals surface area contributed by atoms with Gasteiger partial charge in [0.25, 0.3) is 0 Å². The molecule has 1 heterocycles. The molecule has 3 nitrogen and oxygen atoms in total. The Kier molecular flexibility index (Phi) is 2.18. The van der Waals surface area contributed by atoms with E-state index in [0.29, 0.717) is 13.0 Å². The van der Waals surface area contributed by atoms with Crippen LogP contribution in [-0.4, -0.2) is 30.4 Å². The molecule has 2 N–H and O–H groups in total. The lowest BCUT2D eigenvalue weighted by atomic mass is 9.90. The predicted molar refractivity (Wildman–Crippen MR) is 44.0 cm³/mol. The lowest BCUT2D eigenvalue weighted by Gasteiger charge is -2.20. The summed E-state index contributed by atoms with van der Waals surface area (Å²) in [7, 11) is 0. The zero-order valence-corrected chi connectivity index (χ0v) is 7.26. The minimum Gasteiger partial charge on any atom is -0.342 e. The van der Waals surface area contributed by atoms with Crippen LogP contribution >= 0.6 is 0 Å². The zero-order valence-electron chi connectivity index (χ0n) is 7.26. The van der Waals surface area contributed by atoms with Crippen molar-refractivity contribution < 1.29 is 4.79 Å². The number of amides is 1. The maximum absolute atomic E-state index is 11.3. The summed E-state index contributed by atoms with van der Waals surface area (Å²) in [5.74, 6) is 0.250. The number of carbonyl (C=O) groups excluding carboxylic acids is 1. The smallest absolute Gasteiger partial charge is 0.223 e. The number of likely N-dealkylation sites (tertiary alicyclic amines) is 1. The minimum absolute atomic E-state index is 0.0348. The maximum Gasteiger partial charge on any atom is 0.223 e. The van der Waals surface area contributed by atoms with Gasteiger partial charge in [0.2, 0.25) is 5.91 Å². The number of nitrogens with two attached hydrogens (primary N) is 1. The van der Waals surface area contributed by atoms with Crippen LogP contribution in [0.25, 0.3) is 0 Å². The highest BCUT2D eigenvalue weighted by Gasteiger charge is 2.37. The highest BCUT2D eigenvalue weighted by atomic mass is 16.2. The number of rotatable bonds is 2. The van der Waals surface area contributed by atoms with E-state index in [1.165, 1.54) is 0 Å². The number of hydrogen-bond acceptors (Lipinski definition) is 2. The minimum atomic E-state index is 0.0348. The molecule has 1 saturated heterocycles. The summed E-state index contributed by atoms with van der Waals surface area (Å²) in [6, 6.07) is 0. The molecule has 0 aliphatic carbocycles. The van der Waals surface area contributed by atoms with Crippen molar-refractivity contribution in [2.45, 2.75) is 20.3 Å². The van der Waals surface area contributed by atoms with Crippen LogP contribution in [0.5, 0.6) is 0 Å². The van der Waals surface area contributed by atoms with Crippen LogP contribution in [0.15, 0.2) is 0 Å². The standard InChI is InChI=1S/C8H16N2O/c1-3-10-6-8(2,5-9)4-7(10)11/h3-6,9H2,1-2H3. The Hall–Kier alpha value is -0.570. The van der Waals surface area contributed by atoms with Gasteiger partial charge in [-0.1, -0.05) is 6.92 Å². The zero-order chi connectivity index (χ0) is 8.48. The Morgan fingerprint density at radius 1 is 1.73 bits per heavy atom. The second kappa shape index (κ2) is 2.81. The van der Waals surface area contributed by atoms with Gasteiger partial charge < -0.3 is 10.6 Å². The second-order valence-electron chi connectivity index (χ2n) is 3.60. The second-order valence-corrected chi connectivity index (χ2v) is 3.60. The topological polar surface area (TPSA) is 46.3 Å². The summed E-state index contributed by atoms with van der Waals surface area (Å²) in [5, 5.41) is 0. The Balaban J connectivity index is 2.62. The maximum atomic E-state index is 11.3. The fourth-order valence-corrected chi connectivity index (χ4v) is 1.51. The Bertz CT molecular complexity index is 169. The van der Waals surface area contributed by atoms with E-state index >= 15 is 0 Å². The normalized spacial score (nSPS) is 31.5. The van der Waals surface area contributed by atoms with Gasteiger partial charge in [0.05, 0.1) is 0 Å². The van der Waals surface area contributed by atoms with Crippen molar-refractivity contribution >= 4 is 5.91 Å². The lowest BCUT2D eigenvalue weighted by molar-refractivity contribution is -0.127. The van der Waals surface area contributed by atoms with Crippen LogP contribution < -0.4 is 5.73 Å². The first kappa shape index (κ1) is 8.53. The van der Waals surface area contributed by atoms with Crippen LogP contribution in [-0.2, 0) is 4.79 Å². The van der Waals surface area contributed by atoms with Crippen molar-refractivity contribution in [2.75, 3.05) is 19.6 Å². The number of carbonyl (C=O) groups is 1. The van der Waals surface area contributed by atoms with E-state index in [9.17, 15) is 4.79 Å². The van der Waals surface area contributed by atoms with Crippen LogP contribution in [0.4, 0.5) is 0 Å². The Labute approximate surface area is 67.5 Å².